The van der Waals surface area contributed by atoms with Crippen molar-refractivity contribution < 1.29 is 9.59 Å². The molecule has 0 saturated carbocycles. The van der Waals surface area contributed by atoms with Crippen molar-refractivity contribution in [2.45, 2.75) is 13.5 Å². The van der Waals surface area contributed by atoms with Gasteiger partial charge in [-0.3, -0.25) is 15.1 Å². The van der Waals surface area contributed by atoms with Gasteiger partial charge in [-0.1, -0.05) is 35.1 Å². The summed E-state index contributed by atoms with van der Waals surface area (Å²) < 4.78 is 0.785. The first-order valence-electron chi connectivity index (χ1n) is 9.40. The number of aryl methyl sites for hydroxylation is 1. The van der Waals surface area contributed by atoms with Crippen LogP contribution in [-0.4, -0.2) is 21.9 Å². The number of amides is 3. The molecule has 0 aliphatic heterocycles. The number of carbonyl (C=O) groups excluding carboxylic acids is 2. The van der Waals surface area contributed by atoms with Gasteiger partial charge in [-0.05, 0) is 54.4 Å². The van der Waals surface area contributed by atoms with Crippen molar-refractivity contribution in [2.75, 3.05) is 10.6 Å². The van der Waals surface area contributed by atoms with Crippen molar-refractivity contribution in [1.82, 2.24) is 15.3 Å². The maximum absolute atomic E-state index is 12.7. The van der Waals surface area contributed by atoms with E-state index in [9.17, 15) is 9.59 Å². The summed E-state index contributed by atoms with van der Waals surface area (Å²) in [5.74, 6) is -0.267. The largest absolute Gasteiger partial charge is 0.334 e. The molecule has 7 nitrogen and oxygen atoms in total. The summed E-state index contributed by atoms with van der Waals surface area (Å²) in [5.41, 5.74) is 3.58. The van der Waals surface area contributed by atoms with Crippen LogP contribution in [0, 0.1) is 6.92 Å². The fraction of sp³-hybridized carbons (Fsp3) is 0.0909. The van der Waals surface area contributed by atoms with E-state index in [4.69, 9.17) is 11.6 Å². The Bertz CT molecular complexity index is 1240. The van der Waals surface area contributed by atoms with Crippen LogP contribution < -0.4 is 16.0 Å². The normalized spacial score (nSPS) is 10.6. The van der Waals surface area contributed by atoms with E-state index in [0.29, 0.717) is 33.5 Å². The van der Waals surface area contributed by atoms with E-state index in [1.54, 1.807) is 36.7 Å². The van der Waals surface area contributed by atoms with Gasteiger partial charge in [-0.15, -0.1) is 0 Å². The summed E-state index contributed by atoms with van der Waals surface area (Å²) in [4.78, 5) is 33.2. The smallest absolute Gasteiger partial charge is 0.321 e. The molecular weight excluding hydrogens is 434 g/mol. The number of fused-ring (bicyclic) bond motifs is 1. The van der Waals surface area contributed by atoms with Gasteiger partial charge < -0.3 is 10.6 Å². The minimum atomic E-state index is -0.358. The Morgan fingerprint density at radius 2 is 1.87 bits per heavy atom. The second-order valence-corrected chi connectivity index (χ2v) is 8.19. The van der Waals surface area contributed by atoms with Crippen LogP contribution >= 0.6 is 22.9 Å². The minimum Gasteiger partial charge on any atom is -0.334 e. The first-order chi connectivity index (χ1) is 15.0. The average molecular weight is 452 g/mol. The van der Waals surface area contributed by atoms with Gasteiger partial charge in [-0.2, -0.15) is 0 Å². The number of rotatable bonds is 5. The maximum Gasteiger partial charge on any atom is 0.321 e. The lowest BCUT2D eigenvalue weighted by Gasteiger charge is -2.10. The van der Waals surface area contributed by atoms with Gasteiger partial charge in [0.05, 0.1) is 20.9 Å². The molecule has 2 heterocycles. The number of urea groups is 1. The molecule has 0 saturated heterocycles. The van der Waals surface area contributed by atoms with E-state index in [-0.39, 0.29) is 11.9 Å². The molecule has 2 aromatic heterocycles. The SMILES string of the molecule is Cc1cccc(Cl)c1NC(=O)c1ccc2nc(NC(=O)NCc3ccncc3)sc2c1. The number of pyridine rings is 1. The Labute approximate surface area is 187 Å². The summed E-state index contributed by atoms with van der Waals surface area (Å²) in [6.45, 7) is 2.26. The highest BCUT2D eigenvalue weighted by Gasteiger charge is 2.13. The Morgan fingerprint density at radius 3 is 2.65 bits per heavy atom. The Balaban J connectivity index is 1.44. The zero-order valence-electron chi connectivity index (χ0n) is 16.5. The lowest BCUT2D eigenvalue weighted by atomic mass is 10.1. The summed E-state index contributed by atoms with van der Waals surface area (Å²) in [6, 6.07) is 13.9. The zero-order chi connectivity index (χ0) is 21.8. The first kappa shape index (κ1) is 20.8. The standard InChI is InChI=1S/C22H18ClN5O2S/c1-13-3-2-4-16(23)19(13)27-20(29)15-5-6-17-18(11-15)31-22(26-17)28-21(30)25-12-14-7-9-24-10-8-14/h2-11H,12H2,1H3,(H,27,29)(H2,25,26,28,30). The van der Waals surface area contributed by atoms with E-state index in [2.05, 4.69) is 25.9 Å². The second kappa shape index (κ2) is 9.11. The Kier molecular flexibility index (Phi) is 6.11. The van der Waals surface area contributed by atoms with Crippen LogP contribution in [0.1, 0.15) is 21.5 Å². The van der Waals surface area contributed by atoms with Crippen LogP contribution in [-0.2, 0) is 6.54 Å². The molecule has 0 fully saturated rings. The molecule has 2 aromatic carbocycles. The summed E-state index contributed by atoms with van der Waals surface area (Å²) in [5, 5.41) is 9.29. The molecule has 4 aromatic rings. The molecule has 156 valence electrons. The van der Waals surface area contributed by atoms with Gasteiger partial charge in [-0.25, -0.2) is 9.78 Å². The number of anilines is 2. The first-order valence-corrected chi connectivity index (χ1v) is 10.6. The summed E-state index contributed by atoms with van der Waals surface area (Å²) in [6.07, 6.45) is 3.34. The van der Waals surface area contributed by atoms with Gasteiger partial charge in [0.15, 0.2) is 5.13 Å². The van der Waals surface area contributed by atoms with Crippen molar-refractivity contribution in [2.24, 2.45) is 0 Å². The third-order valence-electron chi connectivity index (χ3n) is 4.53. The number of benzene rings is 2. The van der Waals surface area contributed by atoms with Gasteiger partial charge in [0.1, 0.15) is 0 Å². The maximum atomic E-state index is 12.7. The van der Waals surface area contributed by atoms with Crippen molar-refractivity contribution in [1.29, 1.82) is 0 Å². The number of nitrogens with zero attached hydrogens (tertiary/aromatic N) is 2. The van der Waals surface area contributed by atoms with Crippen molar-refractivity contribution in [3.63, 3.8) is 0 Å². The predicted octanol–water partition coefficient (Wildman–Crippen LogP) is 5.23. The van der Waals surface area contributed by atoms with E-state index < -0.39 is 0 Å². The highest BCUT2D eigenvalue weighted by Crippen LogP contribution is 2.29. The van der Waals surface area contributed by atoms with E-state index >= 15 is 0 Å². The molecule has 4 rings (SSSR count). The topological polar surface area (TPSA) is 96.0 Å². The van der Waals surface area contributed by atoms with Crippen molar-refractivity contribution in [3.8, 4) is 0 Å². The Morgan fingerprint density at radius 1 is 1.06 bits per heavy atom. The molecule has 0 spiro atoms. The zero-order valence-corrected chi connectivity index (χ0v) is 18.1. The number of aromatic nitrogens is 2. The van der Waals surface area contributed by atoms with Gasteiger partial charge >= 0.3 is 6.03 Å². The van der Waals surface area contributed by atoms with E-state index in [0.717, 1.165) is 15.8 Å². The molecule has 0 unspecified atom stereocenters. The highest BCUT2D eigenvalue weighted by atomic mass is 35.5. The molecule has 31 heavy (non-hydrogen) atoms. The molecule has 0 atom stereocenters. The molecule has 0 radical (unpaired) electrons. The highest BCUT2D eigenvalue weighted by molar-refractivity contribution is 7.22. The molecule has 0 aliphatic rings. The van der Waals surface area contributed by atoms with Gasteiger partial charge in [0.25, 0.3) is 5.91 Å². The number of nitrogens with one attached hydrogen (secondary N) is 3. The number of thiazole rings is 1. The molecule has 9 heteroatoms. The van der Waals surface area contributed by atoms with Crippen LogP contribution in [0.4, 0.5) is 15.6 Å². The monoisotopic (exact) mass is 451 g/mol. The number of carbonyl (C=O) groups is 2. The number of para-hydroxylation sites is 1. The lowest BCUT2D eigenvalue weighted by Crippen LogP contribution is -2.28. The van der Waals surface area contributed by atoms with Gasteiger partial charge in [0, 0.05) is 24.5 Å². The molecule has 0 aliphatic carbocycles. The van der Waals surface area contributed by atoms with Crippen molar-refractivity contribution in [3.05, 3.63) is 82.6 Å². The third kappa shape index (κ3) is 4.99. The third-order valence-corrected chi connectivity index (χ3v) is 5.78. The molecular formula is C22H18ClN5O2S. The number of hydrogen-bond donors (Lipinski definition) is 3. The Hall–Kier alpha value is -3.49. The number of halogens is 1. The molecule has 0 bridgehead atoms. The fourth-order valence-electron chi connectivity index (χ4n) is 2.92. The van der Waals surface area contributed by atoms with Crippen LogP contribution in [0.25, 0.3) is 10.2 Å². The quantitative estimate of drug-likeness (QED) is 0.387. The number of hydrogen-bond acceptors (Lipinski definition) is 5. The van der Waals surface area contributed by atoms with Crippen LogP contribution in [0.15, 0.2) is 60.9 Å². The van der Waals surface area contributed by atoms with Gasteiger partial charge in [0.2, 0.25) is 0 Å². The average Bonchev–Trinajstić information content (AvgIpc) is 3.17. The van der Waals surface area contributed by atoms with Crippen LogP contribution in [0.5, 0.6) is 0 Å². The fourth-order valence-corrected chi connectivity index (χ4v) is 4.09. The van der Waals surface area contributed by atoms with Crippen LogP contribution in [0.3, 0.4) is 0 Å². The molecule has 3 amide bonds. The summed E-state index contributed by atoms with van der Waals surface area (Å²) in [7, 11) is 0. The second-order valence-electron chi connectivity index (χ2n) is 6.75. The molecule has 3 N–H and O–H groups in total. The summed E-state index contributed by atoms with van der Waals surface area (Å²) >= 11 is 7.49. The minimum absolute atomic E-state index is 0.267. The van der Waals surface area contributed by atoms with E-state index in [1.165, 1.54) is 11.3 Å². The van der Waals surface area contributed by atoms with Crippen LogP contribution in [0.2, 0.25) is 5.02 Å². The van der Waals surface area contributed by atoms with Crippen molar-refractivity contribution >= 4 is 55.9 Å². The predicted molar refractivity (Wildman–Crippen MR) is 124 cm³/mol. The van der Waals surface area contributed by atoms with E-state index in [1.807, 2.05) is 31.2 Å². The lowest BCUT2D eigenvalue weighted by molar-refractivity contribution is 0.102.